The van der Waals surface area contributed by atoms with Crippen molar-refractivity contribution in [1.29, 1.82) is 0 Å². The molecule has 1 atom stereocenters. The molecule has 128 valence electrons. The molecule has 0 radical (unpaired) electrons. The fraction of sp³-hybridized carbons (Fsp3) is 0.158. The molecule has 0 aliphatic heterocycles. The number of thioether (sulfide) groups is 1. The van der Waals surface area contributed by atoms with Gasteiger partial charge in [-0.3, -0.25) is 4.79 Å². The predicted octanol–water partition coefficient (Wildman–Crippen LogP) is 3.56. The topological polar surface area (TPSA) is 46.9 Å². The molecule has 0 aliphatic carbocycles. The van der Waals surface area contributed by atoms with E-state index in [0.29, 0.717) is 11.4 Å². The van der Waals surface area contributed by atoms with Crippen LogP contribution < -0.4 is 5.32 Å². The molecular weight excluding hydrogens is 337 g/mol. The molecule has 1 N–H and O–H groups in total. The first-order chi connectivity index (χ1) is 12.1. The zero-order valence-electron chi connectivity index (χ0n) is 13.7. The van der Waals surface area contributed by atoms with E-state index in [0.717, 1.165) is 4.90 Å². The second-order valence-electron chi connectivity index (χ2n) is 5.55. The third-order valence-corrected chi connectivity index (χ3v) is 4.73. The Labute approximate surface area is 150 Å². The number of amides is 1. The highest BCUT2D eigenvalue weighted by Crippen LogP contribution is 2.22. The number of rotatable bonds is 6. The number of aryl methyl sites for hydroxylation is 1. The van der Waals surface area contributed by atoms with Crippen molar-refractivity contribution in [3.05, 3.63) is 84.2 Å². The van der Waals surface area contributed by atoms with Crippen molar-refractivity contribution in [2.75, 3.05) is 5.75 Å². The predicted molar refractivity (Wildman–Crippen MR) is 96.8 cm³/mol. The van der Waals surface area contributed by atoms with E-state index in [1.54, 1.807) is 24.5 Å². The van der Waals surface area contributed by atoms with Crippen molar-refractivity contribution in [3.8, 4) is 0 Å². The summed E-state index contributed by atoms with van der Waals surface area (Å²) in [5.41, 5.74) is 0.660. The van der Waals surface area contributed by atoms with Crippen molar-refractivity contribution < 1.29 is 9.18 Å². The molecule has 0 bridgehead atoms. The quantitative estimate of drug-likeness (QED) is 0.688. The van der Waals surface area contributed by atoms with Crippen LogP contribution in [-0.4, -0.2) is 21.2 Å². The molecule has 1 heterocycles. The van der Waals surface area contributed by atoms with Gasteiger partial charge in [0.05, 0.1) is 5.75 Å². The first-order valence-corrected chi connectivity index (χ1v) is 8.82. The van der Waals surface area contributed by atoms with Crippen LogP contribution in [0.15, 0.2) is 71.9 Å². The Kier molecular flexibility index (Phi) is 5.50. The molecule has 0 fully saturated rings. The zero-order chi connectivity index (χ0) is 17.6. The summed E-state index contributed by atoms with van der Waals surface area (Å²) in [5, 5.41) is 2.96. The fourth-order valence-corrected chi connectivity index (χ4v) is 3.24. The minimum atomic E-state index is -0.500. The SMILES string of the molecule is Cn1ccnc1[C@H](NC(=O)CSc1ccccc1)c1cccc(F)c1. The number of nitrogens with one attached hydrogen (secondary N) is 1. The summed E-state index contributed by atoms with van der Waals surface area (Å²) in [7, 11) is 1.85. The Hall–Kier alpha value is -2.60. The molecule has 0 aliphatic rings. The monoisotopic (exact) mass is 355 g/mol. The molecule has 3 rings (SSSR count). The molecular formula is C19H18FN3OS. The number of aromatic nitrogens is 2. The lowest BCUT2D eigenvalue weighted by Crippen LogP contribution is -2.32. The maximum atomic E-state index is 13.6. The van der Waals surface area contributed by atoms with Gasteiger partial charge in [-0.15, -0.1) is 11.8 Å². The third-order valence-electron chi connectivity index (χ3n) is 3.72. The lowest BCUT2D eigenvalue weighted by Gasteiger charge is -2.19. The van der Waals surface area contributed by atoms with Crippen molar-refractivity contribution in [3.63, 3.8) is 0 Å². The highest BCUT2D eigenvalue weighted by molar-refractivity contribution is 8.00. The van der Waals surface area contributed by atoms with E-state index >= 15 is 0 Å². The van der Waals surface area contributed by atoms with Crippen LogP contribution in [0.25, 0.3) is 0 Å². The number of halogens is 1. The van der Waals surface area contributed by atoms with Gasteiger partial charge in [0.1, 0.15) is 17.7 Å². The van der Waals surface area contributed by atoms with E-state index in [1.807, 2.05) is 41.9 Å². The summed E-state index contributed by atoms with van der Waals surface area (Å²) >= 11 is 1.46. The molecule has 3 aromatic rings. The molecule has 2 aromatic carbocycles. The van der Waals surface area contributed by atoms with Gasteiger partial charge < -0.3 is 9.88 Å². The maximum absolute atomic E-state index is 13.6. The molecule has 4 nitrogen and oxygen atoms in total. The van der Waals surface area contributed by atoms with Crippen LogP contribution in [0.3, 0.4) is 0 Å². The molecule has 6 heteroatoms. The van der Waals surface area contributed by atoms with Gasteiger partial charge in [0.2, 0.25) is 5.91 Å². The lowest BCUT2D eigenvalue weighted by atomic mass is 10.1. The van der Waals surface area contributed by atoms with Crippen LogP contribution in [0.5, 0.6) is 0 Å². The largest absolute Gasteiger partial charge is 0.341 e. The zero-order valence-corrected chi connectivity index (χ0v) is 14.5. The lowest BCUT2D eigenvalue weighted by molar-refractivity contribution is -0.119. The molecule has 0 unspecified atom stereocenters. The highest BCUT2D eigenvalue weighted by Gasteiger charge is 2.21. The summed E-state index contributed by atoms with van der Waals surface area (Å²) in [6, 6.07) is 15.4. The number of nitrogens with zero attached hydrogens (tertiary/aromatic N) is 2. The van der Waals surface area contributed by atoms with Crippen LogP contribution in [0.4, 0.5) is 4.39 Å². The van der Waals surface area contributed by atoms with Crippen LogP contribution in [-0.2, 0) is 11.8 Å². The van der Waals surface area contributed by atoms with Crippen LogP contribution in [0, 0.1) is 5.82 Å². The number of imidazole rings is 1. The number of benzene rings is 2. The van der Waals surface area contributed by atoms with Gasteiger partial charge in [0.25, 0.3) is 0 Å². The van der Waals surface area contributed by atoms with Gasteiger partial charge >= 0.3 is 0 Å². The van der Waals surface area contributed by atoms with Crippen LogP contribution >= 0.6 is 11.8 Å². The van der Waals surface area contributed by atoms with E-state index in [2.05, 4.69) is 10.3 Å². The molecule has 1 amide bonds. The summed E-state index contributed by atoms with van der Waals surface area (Å²) < 4.78 is 15.5. The van der Waals surface area contributed by atoms with Crippen LogP contribution in [0.2, 0.25) is 0 Å². The Morgan fingerprint density at radius 2 is 2.04 bits per heavy atom. The van der Waals surface area contributed by atoms with E-state index in [9.17, 15) is 9.18 Å². The number of hydrogen-bond acceptors (Lipinski definition) is 3. The standard InChI is InChI=1S/C19H18FN3OS/c1-23-11-10-21-19(23)18(14-6-5-7-15(20)12-14)22-17(24)13-25-16-8-3-2-4-9-16/h2-12,18H,13H2,1H3,(H,22,24)/t18-/m1/s1. The average molecular weight is 355 g/mol. The van der Waals surface area contributed by atoms with Crippen molar-refractivity contribution in [1.82, 2.24) is 14.9 Å². The molecule has 0 saturated carbocycles. The number of hydrogen-bond donors (Lipinski definition) is 1. The van der Waals surface area contributed by atoms with Crippen LogP contribution in [0.1, 0.15) is 17.4 Å². The maximum Gasteiger partial charge on any atom is 0.231 e. The van der Waals surface area contributed by atoms with E-state index in [4.69, 9.17) is 0 Å². The van der Waals surface area contributed by atoms with Crippen molar-refractivity contribution in [2.24, 2.45) is 7.05 Å². The molecule has 0 saturated heterocycles. The number of carbonyl (C=O) groups is 1. The van der Waals surface area contributed by atoms with Gasteiger partial charge in [-0.2, -0.15) is 0 Å². The smallest absolute Gasteiger partial charge is 0.231 e. The van der Waals surface area contributed by atoms with Gasteiger partial charge in [0, 0.05) is 24.3 Å². The average Bonchev–Trinajstić information content (AvgIpc) is 3.04. The first-order valence-electron chi connectivity index (χ1n) is 7.83. The summed E-state index contributed by atoms with van der Waals surface area (Å²) in [5.74, 6) is 0.458. The van der Waals surface area contributed by atoms with Gasteiger partial charge in [-0.1, -0.05) is 30.3 Å². The Bertz CT molecular complexity index is 851. The van der Waals surface area contributed by atoms with E-state index < -0.39 is 6.04 Å². The summed E-state index contributed by atoms with van der Waals surface area (Å²) in [6.07, 6.45) is 3.46. The highest BCUT2D eigenvalue weighted by atomic mass is 32.2. The first kappa shape index (κ1) is 17.2. The van der Waals surface area contributed by atoms with Crippen molar-refractivity contribution in [2.45, 2.75) is 10.9 Å². The minimum Gasteiger partial charge on any atom is -0.341 e. The van der Waals surface area contributed by atoms with Gasteiger partial charge in [-0.25, -0.2) is 9.37 Å². The van der Waals surface area contributed by atoms with E-state index in [1.165, 1.54) is 23.9 Å². The Morgan fingerprint density at radius 1 is 1.24 bits per heavy atom. The Morgan fingerprint density at radius 3 is 2.72 bits per heavy atom. The summed E-state index contributed by atoms with van der Waals surface area (Å²) in [6.45, 7) is 0. The normalized spacial score (nSPS) is 11.9. The van der Waals surface area contributed by atoms with Gasteiger partial charge in [-0.05, 0) is 29.8 Å². The van der Waals surface area contributed by atoms with Crippen molar-refractivity contribution >= 4 is 17.7 Å². The Balaban J connectivity index is 1.76. The number of carbonyl (C=O) groups excluding carboxylic acids is 1. The fourth-order valence-electron chi connectivity index (χ4n) is 2.51. The van der Waals surface area contributed by atoms with E-state index in [-0.39, 0.29) is 17.5 Å². The molecule has 1 aromatic heterocycles. The van der Waals surface area contributed by atoms with Gasteiger partial charge in [0.15, 0.2) is 0 Å². The molecule has 0 spiro atoms. The second kappa shape index (κ2) is 7.98. The third kappa shape index (κ3) is 4.48. The molecule has 25 heavy (non-hydrogen) atoms. The minimum absolute atomic E-state index is 0.133. The second-order valence-corrected chi connectivity index (χ2v) is 6.60. The summed E-state index contributed by atoms with van der Waals surface area (Å²) in [4.78, 5) is 17.8.